The van der Waals surface area contributed by atoms with Crippen LogP contribution in [0.5, 0.6) is 0 Å². The van der Waals surface area contributed by atoms with E-state index in [1.54, 1.807) is 11.1 Å². The maximum absolute atomic E-state index is 2.65. The fourth-order valence-electron chi connectivity index (χ4n) is 14.7. The third-order valence-corrected chi connectivity index (χ3v) is 18.1. The molecule has 0 amide bonds. The highest BCUT2D eigenvalue weighted by Crippen LogP contribution is 2.94. The van der Waals surface area contributed by atoms with Gasteiger partial charge in [0.15, 0.2) is 0 Å². The van der Waals surface area contributed by atoms with E-state index < -0.39 is 0 Å². The van der Waals surface area contributed by atoms with Gasteiger partial charge in [-0.05, 0) is 140 Å². The van der Waals surface area contributed by atoms with Crippen molar-refractivity contribution >= 4 is 59.3 Å². The minimum Gasteiger partial charge on any atom is -0.309 e. The van der Waals surface area contributed by atoms with Crippen molar-refractivity contribution < 1.29 is 0 Å². The number of para-hydroxylation sites is 2. The Morgan fingerprint density at radius 1 is 0.397 bits per heavy atom. The van der Waals surface area contributed by atoms with Crippen molar-refractivity contribution in [2.24, 2.45) is 29.1 Å². The van der Waals surface area contributed by atoms with Crippen molar-refractivity contribution in [3.63, 3.8) is 0 Å². The fourth-order valence-corrected chi connectivity index (χ4v) is 15.8. The van der Waals surface area contributed by atoms with E-state index >= 15 is 0 Å². The first-order valence-electron chi connectivity index (χ1n) is 23.0. The average Bonchev–Trinajstić information content (AvgIpc) is 3.85. The van der Waals surface area contributed by atoms with Crippen LogP contribution in [-0.4, -0.2) is 0 Å². The van der Waals surface area contributed by atoms with Crippen LogP contribution in [0.1, 0.15) is 30.4 Å². The Balaban J connectivity index is 0.981. The standard InChI is InChI=1S/C61H43NS/c1-2-15-37(16-3-1)43-23-12-17-38-18-13-24-47(58(38)43)46-21-6-10-27-52(46)62(53-28-14-30-55-59(53)48-22-7-11-29-54(48)63-55)51-26-9-5-19-42(51)39-31-32-45-44-20-4-8-25-49(44)61(50(45)33-39)56-35-40-34-41-36-57(61)60(40,41)56/h1-33,40-41,56-57H,34-36H2. The zero-order chi connectivity index (χ0) is 41.0. The van der Waals surface area contributed by atoms with Crippen molar-refractivity contribution in [1.29, 1.82) is 0 Å². The number of thiophene rings is 1. The minimum absolute atomic E-state index is 0.155. The molecule has 0 radical (unpaired) electrons. The van der Waals surface area contributed by atoms with Gasteiger partial charge in [0.1, 0.15) is 0 Å². The summed E-state index contributed by atoms with van der Waals surface area (Å²) in [7, 11) is 0. The molecule has 1 aromatic heterocycles. The molecule has 0 bridgehead atoms. The largest absolute Gasteiger partial charge is 0.309 e. The average molecular weight is 822 g/mol. The summed E-state index contributed by atoms with van der Waals surface area (Å²) in [6, 6.07) is 75.8. The predicted molar refractivity (Wildman–Crippen MR) is 264 cm³/mol. The third kappa shape index (κ3) is 4.24. The molecule has 4 saturated carbocycles. The molecule has 5 aliphatic rings. The van der Waals surface area contributed by atoms with Gasteiger partial charge in [0.25, 0.3) is 0 Å². The van der Waals surface area contributed by atoms with Crippen molar-refractivity contribution in [3.8, 4) is 44.5 Å². The maximum atomic E-state index is 2.65. The molecule has 0 aliphatic heterocycles. The summed E-state index contributed by atoms with van der Waals surface area (Å²) >= 11 is 1.89. The highest BCUT2D eigenvalue weighted by molar-refractivity contribution is 7.26. The van der Waals surface area contributed by atoms with Gasteiger partial charge in [-0.2, -0.15) is 0 Å². The molecule has 63 heavy (non-hydrogen) atoms. The SMILES string of the molecule is c1ccc(-c2cccc3cccc(-c4ccccc4N(c4ccccc4-c4ccc5c(c4)C4(c6ccccc6-5)C5CC6CC7CC4C675)c4cccc5sc6ccccc6c45)c23)cc1. The van der Waals surface area contributed by atoms with Crippen LogP contribution in [0.3, 0.4) is 0 Å². The molecule has 15 rings (SSSR count). The van der Waals surface area contributed by atoms with Crippen LogP contribution in [0, 0.1) is 29.1 Å². The van der Waals surface area contributed by atoms with E-state index in [-0.39, 0.29) is 5.41 Å². The van der Waals surface area contributed by atoms with Gasteiger partial charge in [-0.15, -0.1) is 11.3 Å². The van der Waals surface area contributed by atoms with Crippen LogP contribution in [0.4, 0.5) is 17.1 Å². The lowest BCUT2D eigenvalue weighted by molar-refractivity contribution is -0.412. The maximum Gasteiger partial charge on any atom is 0.0555 e. The van der Waals surface area contributed by atoms with Gasteiger partial charge in [0.05, 0.1) is 17.1 Å². The van der Waals surface area contributed by atoms with Gasteiger partial charge in [-0.3, -0.25) is 0 Å². The zero-order valence-electron chi connectivity index (χ0n) is 34.8. The molecule has 9 aromatic carbocycles. The molecular formula is C61H43NS. The molecule has 2 spiro atoms. The van der Waals surface area contributed by atoms with Crippen LogP contribution >= 0.6 is 11.3 Å². The highest BCUT2D eigenvalue weighted by atomic mass is 32.1. The summed E-state index contributed by atoms with van der Waals surface area (Å²) in [6.45, 7) is 0. The lowest BCUT2D eigenvalue weighted by Crippen LogP contribution is -2.88. The summed E-state index contributed by atoms with van der Waals surface area (Å²) in [5, 5.41) is 5.11. The number of nitrogens with zero attached hydrogens (tertiary/aromatic N) is 1. The third-order valence-electron chi connectivity index (χ3n) is 17.0. The van der Waals surface area contributed by atoms with Gasteiger partial charge in [0, 0.05) is 36.7 Å². The quantitative estimate of drug-likeness (QED) is 0.161. The van der Waals surface area contributed by atoms with E-state index in [4.69, 9.17) is 0 Å². The molecule has 0 saturated heterocycles. The molecule has 5 aliphatic carbocycles. The number of hydrogen-bond acceptors (Lipinski definition) is 2. The Morgan fingerprint density at radius 3 is 1.81 bits per heavy atom. The Bertz CT molecular complexity index is 3530. The second kappa shape index (κ2) is 12.5. The van der Waals surface area contributed by atoms with Gasteiger partial charge in [-0.1, -0.05) is 164 Å². The number of benzene rings is 9. The van der Waals surface area contributed by atoms with Crippen molar-refractivity contribution in [3.05, 3.63) is 211 Å². The van der Waals surface area contributed by atoms with Crippen LogP contribution in [0.2, 0.25) is 0 Å². The Labute approximate surface area is 371 Å². The van der Waals surface area contributed by atoms with Gasteiger partial charge >= 0.3 is 0 Å². The van der Waals surface area contributed by atoms with Crippen molar-refractivity contribution in [1.82, 2.24) is 0 Å². The van der Waals surface area contributed by atoms with Gasteiger partial charge < -0.3 is 4.90 Å². The molecule has 1 nitrogen and oxygen atoms in total. The Hall–Kier alpha value is -6.74. The molecular weight excluding hydrogens is 779 g/mol. The van der Waals surface area contributed by atoms with E-state index in [1.807, 2.05) is 11.3 Å². The van der Waals surface area contributed by atoms with E-state index in [0.717, 1.165) is 23.7 Å². The van der Waals surface area contributed by atoms with Gasteiger partial charge in [-0.25, -0.2) is 0 Å². The molecule has 10 aromatic rings. The molecule has 4 fully saturated rings. The first-order chi connectivity index (χ1) is 31.2. The number of fused-ring (bicyclic) bond motifs is 11. The first kappa shape index (κ1) is 34.8. The number of hydrogen-bond donors (Lipinski definition) is 0. The second-order valence-electron chi connectivity index (χ2n) is 19.1. The predicted octanol–water partition coefficient (Wildman–Crippen LogP) is 16.6. The lowest BCUT2D eigenvalue weighted by atomic mass is 9.11. The van der Waals surface area contributed by atoms with E-state index in [9.17, 15) is 0 Å². The van der Waals surface area contributed by atoms with E-state index in [0.29, 0.717) is 5.41 Å². The van der Waals surface area contributed by atoms with E-state index in [2.05, 4.69) is 205 Å². The van der Waals surface area contributed by atoms with Crippen LogP contribution < -0.4 is 4.90 Å². The van der Waals surface area contributed by atoms with Gasteiger partial charge in [0.2, 0.25) is 0 Å². The molecule has 4 unspecified atom stereocenters. The first-order valence-corrected chi connectivity index (χ1v) is 23.8. The number of anilines is 3. The fraction of sp³-hybridized carbons (Fsp3) is 0.148. The highest BCUT2D eigenvalue weighted by Gasteiger charge is 2.90. The summed E-state index contributed by atoms with van der Waals surface area (Å²) in [5.41, 5.74) is 18.0. The molecule has 298 valence electrons. The molecule has 1 heterocycles. The molecule has 0 N–H and O–H groups in total. The van der Waals surface area contributed by atoms with Crippen molar-refractivity contribution in [2.75, 3.05) is 4.90 Å². The molecule has 4 atom stereocenters. The Morgan fingerprint density at radius 2 is 1.00 bits per heavy atom. The van der Waals surface area contributed by atoms with Crippen LogP contribution in [0.25, 0.3) is 75.5 Å². The summed E-state index contributed by atoms with van der Waals surface area (Å²) in [5.74, 6) is 3.53. The summed E-state index contributed by atoms with van der Waals surface area (Å²) in [6.07, 6.45) is 4.30. The smallest absolute Gasteiger partial charge is 0.0555 e. The second-order valence-corrected chi connectivity index (χ2v) is 20.2. The van der Waals surface area contributed by atoms with Crippen molar-refractivity contribution in [2.45, 2.75) is 24.7 Å². The van der Waals surface area contributed by atoms with Crippen LogP contribution in [0.15, 0.2) is 200 Å². The minimum atomic E-state index is 0.155. The molecule has 2 heteroatoms. The summed E-state index contributed by atoms with van der Waals surface area (Å²) in [4.78, 5) is 2.60. The lowest BCUT2D eigenvalue weighted by Gasteiger charge is -2.92. The topological polar surface area (TPSA) is 3.24 Å². The Kier molecular flexibility index (Phi) is 6.88. The summed E-state index contributed by atoms with van der Waals surface area (Å²) < 4.78 is 2.61. The van der Waals surface area contributed by atoms with E-state index in [1.165, 1.54) is 112 Å². The zero-order valence-corrected chi connectivity index (χ0v) is 35.7. The normalized spacial score (nSPS) is 24.1. The monoisotopic (exact) mass is 821 g/mol. The van der Waals surface area contributed by atoms with Crippen LogP contribution in [-0.2, 0) is 5.41 Å². The number of rotatable bonds is 6.